The van der Waals surface area contributed by atoms with Crippen LogP contribution in [0.1, 0.15) is 94.2 Å². The standard InChI is InChI=1S/C26H36FN/c1-2-3-4-5-18-6-7-20-13-21(9-8-19(20)12-18)22-10-11-23-15-25(17-28)26(27)16-24(23)14-22/h15-16,18-22H,2-14H2,1H3. The van der Waals surface area contributed by atoms with Crippen LogP contribution >= 0.6 is 0 Å². The molecule has 1 aromatic rings. The predicted octanol–water partition coefficient (Wildman–Crippen LogP) is 7.22. The highest BCUT2D eigenvalue weighted by molar-refractivity contribution is 5.41. The van der Waals surface area contributed by atoms with Crippen molar-refractivity contribution in [2.24, 2.45) is 29.6 Å². The smallest absolute Gasteiger partial charge is 0.141 e. The van der Waals surface area contributed by atoms with Crippen molar-refractivity contribution in [3.63, 3.8) is 0 Å². The maximum Gasteiger partial charge on any atom is 0.141 e. The summed E-state index contributed by atoms with van der Waals surface area (Å²) in [6.07, 6.45) is 17.6. The molecule has 0 saturated heterocycles. The summed E-state index contributed by atoms with van der Waals surface area (Å²) in [5.74, 6) is 4.19. The Morgan fingerprint density at radius 2 is 1.68 bits per heavy atom. The first-order valence-electron chi connectivity index (χ1n) is 11.9. The van der Waals surface area contributed by atoms with Crippen molar-refractivity contribution < 1.29 is 4.39 Å². The van der Waals surface area contributed by atoms with Gasteiger partial charge in [0.2, 0.25) is 0 Å². The van der Waals surface area contributed by atoms with E-state index in [2.05, 4.69) is 6.92 Å². The van der Waals surface area contributed by atoms with E-state index in [-0.39, 0.29) is 11.4 Å². The second kappa shape index (κ2) is 8.98. The number of unbranched alkanes of at least 4 members (excludes halogenated alkanes) is 2. The van der Waals surface area contributed by atoms with Gasteiger partial charge in [0.1, 0.15) is 11.9 Å². The summed E-state index contributed by atoms with van der Waals surface area (Å²) < 4.78 is 14.1. The third-order valence-corrected chi connectivity index (χ3v) is 8.32. The van der Waals surface area contributed by atoms with Gasteiger partial charge in [-0.1, -0.05) is 39.0 Å². The number of hydrogen-bond donors (Lipinski definition) is 0. The van der Waals surface area contributed by atoms with Crippen LogP contribution < -0.4 is 0 Å². The van der Waals surface area contributed by atoms with E-state index in [1.807, 2.05) is 6.07 Å². The largest absolute Gasteiger partial charge is 0.206 e. The molecule has 0 N–H and O–H groups in total. The van der Waals surface area contributed by atoms with Crippen molar-refractivity contribution in [1.82, 2.24) is 0 Å². The maximum absolute atomic E-state index is 14.1. The summed E-state index contributed by atoms with van der Waals surface area (Å²) in [5, 5.41) is 9.07. The molecule has 0 aromatic heterocycles. The number of nitrogens with zero attached hydrogens (tertiary/aromatic N) is 1. The first-order valence-corrected chi connectivity index (χ1v) is 11.9. The molecule has 28 heavy (non-hydrogen) atoms. The minimum absolute atomic E-state index is 0.216. The van der Waals surface area contributed by atoms with Crippen LogP contribution in [0.2, 0.25) is 0 Å². The lowest BCUT2D eigenvalue weighted by molar-refractivity contribution is 0.0690. The van der Waals surface area contributed by atoms with E-state index in [1.165, 1.54) is 81.8 Å². The van der Waals surface area contributed by atoms with Crippen molar-refractivity contribution in [3.05, 3.63) is 34.6 Å². The highest BCUT2D eigenvalue weighted by atomic mass is 19.1. The Hall–Kier alpha value is -1.36. The predicted molar refractivity (Wildman–Crippen MR) is 112 cm³/mol. The van der Waals surface area contributed by atoms with Gasteiger partial charge in [-0.3, -0.25) is 0 Å². The molecule has 0 bridgehead atoms. The molecule has 3 aliphatic rings. The van der Waals surface area contributed by atoms with Gasteiger partial charge in [-0.2, -0.15) is 5.26 Å². The Morgan fingerprint density at radius 1 is 0.929 bits per heavy atom. The third-order valence-electron chi connectivity index (χ3n) is 8.32. The van der Waals surface area contributed by atoms with Crippen LogP contribution in [0.15, 0.2) is 12.1 Å². The molecule has 2 heteroatoms. The molecule has 5 atom stereocenters. The molecule has 0 amide bonds. The normalized spacial score (nSPS) is 32.2. The second-order valence-electron chi connectivity index (χ2n) is 9.98. The van der Waals surface area contributed by atoms with E-state index in [0.29, 0.717) is 0 Å². The molecular formula is C26H36FN. The number of halogens is 1. The van der Waals surface area contributed by atoms with Gasteiger partial charge < -0.3 is 0 Å². The van der Waals surface area contributed by atoms with Crippen LogP contribution in [0.5, 0.6) is 0 Å². The topological polar surface area (TPSA) is 23.8 Å². The fourth-order valence-electron chi connectivity index (χ4n) is 6.69. The van der Waals surface area contributed by atoms with Crippen LogP contribution in [-0.4, -0.2) is 0 Å². The molecule has 0 radical (unpaired) electrons. The zero-order chi connectivity index (χ0) is 19.5. The highest BCUT2D eigenvalue weighted by Gasteiger charge is 2.38. The summed E-state index contributed by atoms with van der Waals surface area (Å²) in [6.45, 7) is 2.30. The zero-order valence-corrected chi connectivity index (χ0v) is 17.6. The zero-order valence-electron chi connectivity index (χ0n) is 17.6. The molecule has 0 heterocycles. The van der Waals surface area contributed by atoms with Crippen LogP contribution in [-0.2, 0) is 12.8 Å². The van der Waals surface area contributed by atoms with Crippen molar-refractivity contribution in [3.8, 4) is 6.07 Å². The van der Waals surface area contributed by atoms with E-state index >= 15 is 0 Å². The quantitative estimate of drug-likeness (QED) is 0.494. The SMILES string of the molecule is CCCCCC1CCC2CC(C3CCc4cc(C#N)c(F)cc4C3)CCC2C1. The summed E-state index contributed by atoms with van der Waals surface area (Å²) in [7, 11) is 0. The molecule has 152 valence electrons. The molecule has 5 unspecified atom stereocenters. The Kier molecular flexibility index (Phi) is 6.39. The first-order chi connectivity index (χ1) is 13.7. The van der Waals surface area contributed by atoms with E-state index in [4.69, 9.17) is 5.26 Å². The molecule has 4 rings (SSSR count). The second-order valence-corrected chi connectivity index (χ2v) is 9.98. The van der Waals surface area contributed by atoms with Gasteiger partial charge in [0, 0.05) is 0 Å². The molecule has 1 nitrogen and oxygen atoms in total. The van der Waals surface area contributed by atoms with E-state index in [9.17, 15) is 4.39 Å². The Balaban J connectivity index is 1.33. The number of nitriles is 1. The summed E-state index contributed by atoms with van der Waals surface area (Å²) in [5.41, 5.74) is 2.61. The van der Waals surface area contributed by atoms with Crippen molar-refractivity contribution in [2.75, 3.05) is 0 Å². The summed E-state index contributed by atoms with van der Waals surface area (Å²) in [6, 6.07) is 5.46. The summed E-state index contributed by atoms with van der Waals surface area (Å²) >= 11 is 0. The lowest BCUT2D eigenvalue weighted by Gasteiger charge is -2.45. The van der Waals surface area contributed by atoms with Crippen LogP contribution in [0, 0.1) is 46.7 Å². The monoisotopic (exact) mass is 381 g/mol. The van der Waals surface area contributed by atoms with E-state index in [0.717, 1.165) is 42.4 Å². The van der Waals surface area contributed by atoms with E-state index < -0.39 is 0 Å². The minimum atomic E-state index is -0.327. The molecule has 3 aliphatic carbocycles. The van der Waals surface area contributed by atoms with Gasteiger partial charge in [-0.05, 0) is 104 Å². The van der Waals surface area contributed by atoms with Gasteiger partial charge in [-0.15, -0.1) is 0 Å². The Morgan fingerprint density at radius 3 is 2.46 bits per heavy atom. The summed E-state index contributed by atoms with van der Waals surface area (Å²) in [4.78, 5) is 0. The van der Waals surface area contributed by atoms with Gasteiger partial charge in [0.15, 0.2) is 0 Å². The molecule has 1 aromatic carbocycles. The number of fused-ring (bicyclic) bond motifs is 2. The molecule has 2 fully saturated rings. The Labute approximate surface area is 170 Å². The maximum atomic E-state index is 14.1. The van der Waals surface area contributed by atoms with Gasteiger partial charge in [-0.25, -0.2) is 4.39 Å². The fourth-order valence-corrected chi connectivity index (χ4v) is 6.69. The van der Waals surface area contributed by atoms with Gasteiger partial charge in [0.25, 0.3) is 0 Å². The third kappa shape index (κ3) is 4.29. The van der Waals surface area contributed by atoms with Crippen LogP contribution in [0.3, 0.4) is 0 Å². The Bertz CT molecular complexity index is 718. The minimum Gasteiger partial charge on any atom is -0.206 e. The first kappa shape index (κ1) is 19.9. The van der Waals surface area contributed by atoms with Crippen LogP contribution in [0.4, 0.5) is 4.39 Å². The number of benzene rings is 1. The van der Waals surface area contributed by atoms with E-state index in [1.54, 1.807) is 12.1 Å². The van der Waals surface area contributed by atoms with Crippen molar-refractivity contribution in [1.29, 1.82) is 5.26 Å². The molecule has 2 saturated carbocycles. The highest BCUT2D eigenvalue weighted by Crippen LogP contribution is 2.49. The van der Waals surface area contributed by atoms with Crippen molar-refractivity contribution in [2.45, 2.75) is 90.4 Å². The van der Waals surface area contributed by atoms with Crippen molar-refractivity contribution >= 4 is 0 Å². The molecule has 0 spiro atoms. The average Bonchev–Trinajstić information content (AvgIpc) is 2.72. The lowest BCUT2D eigenvalue weighted by Crippen LogP contribution is -2.35. The van der Waals surface area contributed by atoms with Gasteiger partial charge in [0.05, 0.1) is 5.56 Å². The number of aryl methyl sites for hydroxylation is 1. The lowest BCUT2D eigenvalue weighted by atomic mass is 9.61. The molecular weight excluding hydrogens is 345 g/mol. The number of hydrogen-bond acceptors (Lipinski definition) is 1. The van der Waals surface area contributed by atoms with Crippen LogP contribution in [0.25, 0.3) is 0 Å². The number of rotatable bonds is 5. The molecule has 0 aliphatic heterocycles. The average molecular weight is 382 g/mol. The van der Waals surface area contributed by atoms with Gasteiger partial charge >= 0.3 is 0 Å². The fraction of sp³-hybridized carbons (Fsp3) is 0.731.